The number of hydroxylamine groups is 2. The van der Waals surface area contributed by atoms with E-state index in [9.17, 15) is 15.2 Å². The van der Waals surface area contributed by atoms with E-state index in [1.165, 1.54) is 6.92 Å². The molecule has 1 heterocycles. The van der Waals surface area contributed by atoms with E-state index >= 15 is 0 Å². The summed E-state index contributed by atoms with van der Waals surface area (Å²) in [7, 11) is 0. The van der Waals surface area contributed by atoms with Gasteiger partial charge in [-0.15, -0.1) is 0 Å². The van der Waals surface area contributed by atoms with E-state index in [1.807, 2.05) is 0 Å². The molecule has 0 aliphatic carbocycles. The molecule has 0 saturated carbocycles. The molecule has 4 N–H and O–H groups in total. The maximum Gasteiger partial charge on any atom is 0.269 e. The van der Waals surface area contributed by atoms with Crippen molar-refractivity contribution in [3.63, 3.8) is 0 Å². The minimum atomic E-state index is -0.812. The largest absolute Gasteiger partial charge is 0.364 e. The molecule has 1 aromatic rings. The molecule has 0 aromatic heterocycles. The third kappa shape index (κ3) is 1.32. The number of amides is 1. The van der Waals surface area contributed by atoms with Gasteiger partial charge in [-0.05, 0) is 19.1 Å². The van der Waals surface area contributed by atoms with Crippen molar-refractivity contribution in [3.8, 4) is 0 Å². The third-order valence-electron chi connectivity index (χ3n) is 2.44. The molecule has 84 valence electrons. The first-order chi connectivity index (χ1) is 7.54. The van der Waals surface area contributed by atoms with Crippen LogP contribution >= 0.6 is 0 Å². The van der Waals surface area contributed by atoms with Crippen molar-refractivity contribution in [2.24, 2.45) is 5.73 Å². The Kier molecular flexibility index (Phi) is 2.30. The molecule has 0 atom stereocenters. The van der Waals surface area contributed by atoms with Gasteiger partial charge in [0.2, 0.25) is 0 Å². The van der Waals surface area contributed by atoms with Crippen LogP contribution in [0.5, 0.6) is 0 Å². The summed E-state index contributed by atoms with van der Waals surface area (Å²) in [6.45, 7) is 1.49. The zero-order chi connectivity index (χ0) is 11.9. The van der Waals surface area contributed by atoms with E-state index in [4.69, 9.17) is 5.73 Å². The molecular weight excluding hydrogens is 210 g/mol. The van der Waals surface area contributed by atoms with E-state index in [0.29, 0.717) is 16.4 Å². The lowest BCUT2D eigenvalue weighted by atomic mass is 10.1. The highest BCUT2D eigenvalue weighted by Crippen LogP contribution is 2.36. The first-order valence-electron chi connectivity index (χ1n) is 4.61. The van der Waals surface area contributed by atoms with Gasteiger partial charge >= 0.3 is 0 Å². The number of allylic oxidation sites excluding steroid dienone is 1. The first-order valence-corrected chi connectivity index (χ1v) is 4.61. The van der Waals surface area contributed by atoms with Gasteiger partial charge in [-0.3, -0.25) is 15.2 Å². The van der Waals surface area contributed by atoms with Crippen molar-refractivity contribution < 1.29 is 15.2 Å². The molecule has 0 saturated heterocycles. The maximum absolute atomic E-state index is 11.2. The second-order valence-electron chi connectivity index (χ2n) is 3.41. The van der Waals surface area contributed by atoms with Gasteiger partial charge in [0.15, 0.2) is 5.70 Å². The predicted molar refractivity (Wildman–Crippen MR) is 56.9 cm³/mol. The summed E-state index contributed by atoms with van der Waals surface area (Å²) in [6.07, 6.45) is 0. The zero-order valence-corrected chi connectivity index (χ0v) is 8.58. The number of carbonyl (C=O) groups is 1. The highest BCUT2D eigenvalue weighted by Gasteiger charge is 2.29. The molecule has 0 bridgehead atoms. The SMILES string of the molecule is CC1=C(C(N)=O)N(O)c2ccccc2N1O. The van der Waals surface area contributed by atoms with Crippen molar-refractivity contribution in [1.82, 2.24) is 0 Å². The smallest absolute Gasteiger partial charge is 0.269 e. The number of fused-ring (bicyclic) bond motifs is 1. The summed E-state index contributed by atoms with van der Waals surface area (Å²) in [5.74, 6) is -0.812. The van der Waals surface area contributed by atoms with E-state index < -0.39 is 5.91 Å². The summed E-state index contributed by atoms with van der Waals surface area (Å²) in [4.78, 5) is 11.2. The second kappa shape index (κ2) is 3.51. The Balaban J connectivity index is 2.63. The second-order valence-corrected chi connectivity index (χ2v) is 3.41. The van der Waals surface area contributed by atoms with Crippen LogP contribution < -0.4 is 15.9 Å². The number of hydrogen-bond donors (Lipinski definition) is 3. The molecule has 6 heteroatoms. The average Bonchev–Trinajstić information content (AvgIpc) is 2.26. The Morgan fingerprint density at radius 2 is 1.69 bits per heavy atom. The van der Waals surface area contributed by atoms with Crippen molar-refractivity contribution in [3.05, 3.63) is 35.7 Å². The van der Waals surface area contributed by atoms with Crippen LogP contribution in [0, 0.1) is 0 Å². The third-order valence-corrected chi connectivity index (χ3v) is 2.44. The minimum Gasteiger partial charge on any atom is -0.364 e. The van der Waals surface area contributed by atoms with Crippen LogP contribution in [0.2, 0.25) is 0 Å². The van der Waals surface area contributed by atoms with Crippen LogP contribution in [0.15, 0.2) is 35.7 Å². The molecule has 0 radical (unpaired) electrons. The fraction of sp³-hybridized carbons (Fsp3) is 0.100. The van der Waals surface area contributed by atoms with Crippen molar-refractivity contribution >= 4 is 17.3 Å². The Bertz CT molecular complexity index is 484. The molecule has 1 amide bonds. The number of nitrogens with two attached hydrogens (primary N) is 1. The Labute approximate surface area is 91.7 Å². The number of anilines is 2. The Morgan fingerprint density at radius 1 is 1.19 bits per heavy atom. The van der Waals surface area contributed by atoms with Crippen LogP contribution in [0.3, 0.4) is 0 Å². The highest BCUT2D eigenvalue weighted by atomic mass is 16.5. The van der Waals surface area contributed by atoms with E-state index in [1.54, 1.807) is 24.3 Å². The van der Waals surface area contributed by atoms with Gasteiger partial charge in [0.1, 0.15) is 0 Å². The average molecular weight is 221 g/mol. The molecular formula is C10H11N3O3. The van der Waals surface area contributed by atoms with Crippen molar-refractivity contribution in [1.29, 1.82) is 0 Å². The summed E-state index contributed by atoms with van der Waals surface area (Å²) < 4.78 is 0. The van der Waals surface area contributed by atoms with E-state index in [-0.39, 0.29) is 11.4 Å². The van der Waals surface area contributed by atoms with Gasteiger partial charge < -0.3 is 5.73 Å². The lowest BCUT2D eigenvalue weighted by Crippen LogP contribution is -2.38. The maximum atomic E-state index is 11.2. The topological polar surface area (TPSA) is 90.0 Å². The fourth-order valence-electron chi connectivity index (χ4n) is 1.66. The van der Waals surface area contributed by atoms with E-state index in [2.05, 4.69) is 0 Å². The van der Waals surface area contributed by atoms with Gasteiger partial charge in [-0.25, -0.2) is 10.1 Å². The minimum absolute atomic E-state index is 0.152. The van der Waals surface area contributed by atoms with E-state index in [0.717, 1.165) is 5.06 Å². The Morgan fingerprint density at radius 3 is 2.19 bits per heavy atom. The van der Waals surface area contributed by atoms with Crippen LogP contribution in [0.4, 0.5) is 11.4 Å². The number of nitrogens with zero attached hydrogens (tertiary/aromatic N) is 2. The standard InChI is InChI=1S/C10H11N3O3/c1-6-9(10(11)14)13(16)8-5-3-2-4-7(8)12(6)15/h2-5,15-16H,1H3,(H2,11,14). The monoisotopic (exact) mass is 221 g/mol. The molecule has 1 aliphatic heterocycles. The Hall–Kier alpha value is -2.05. The normalized spacial score (nSPS) is 15.2. The number of benzene rings is 1. The number of carbonyl (C=O) groups excluding carboxylic acids is 1. The summed E-state index contributed by atoms with van der Waals surface area (Å²) >= 11 is 0. The summed E-state index contributed by atoms with van der Waals surface area (Å²) in [6, 6.07) is 6.56. The quantitative estimate of drug-likeness (QED) is 0.652. The van der Waals surface area contributed by atoms with Crippen LogP contribution in [0.25, 0.3) is 0 Å². The highest BCUT2D eigenvalue weighted by molar-refractivity contribution is 5.99. The molecule has 0 fully saturated rings. The molecule has 0 unspecified atom stereocenters. The molecule has 1 aliphatic rings. The molecule has 2 rings (SSSR count). The predicted octanol–water partition coefficient (Wildman–Crippen LogP) is 0.808. The lowest BCUT2D eigenvalue weighted by Gasteiger charge is -2.32. The number of primary amides is 1. The molecule has 0 spiro atoms. The first kappa shape index (κ1) is 10.5. The molecule has 16 heavy (non-hydrogen) atoms. The summed E-state index contributed by atoms with van der Waals surface area (Å²) in [5.41, 5.74) is 5.83. The van der Waals surface area contributed by atoms with Gasteiger partial charge in [0.25, 0.3) is 5.91 Å². The van der Waals surface area contributed by atoms with Gasteiger partial charge in [0.05, 0.1) is 17.1 Å². The van der Waals surface area contributed by atoms with Crippen LogP contribution in [-0.2, 0) is 4.79 Å². The number of hydrogen-bond acceptors (Lipinski definition) is 5. The number of para-hydroxylation sites is 2. The van der Waals surface area contributed by atoms with Crippen molar-refractivity contribution in [2.75, 3.05) is 10.1 Å². The van der Waals surface area contributed by atoms with Gasteiger partial charge in [-0.2, -0.15) is 0 Å². The van der Waals surface area contributed by atoms with Crippen LogP contribution in [-0.4, -0.2) is 16.3 Å². The molecule has 6 nitrogen and oxygen atoms in total. The zero-order valence-electron chi connectivity index (χ0n) is 8.58. The molecule has 1 aromatic carbocycles. The fourth-order valence-corrected chi connectivity index (χ4v) is 1.66. The van der Waals surface area contributed by atoms with Crippen LogP contribution in [0.1, 0.15) is 6.92 Å². The van der Waals surface area contributed by atoms with Crippen molar-refractivity contribution in [2.45, 2.75) is 6.92 Å². The number of rotatable bonds is 1. The lowest BCUT2D eigenvalue weighted by molar-refractivity contribution is -0.115. The summed E-state index contributed by atoms with van der Waals surface area (Å²) in [5, 5.41) is 21.1. The van der Waals surface area contributed by atoms with Gasteiger partial charge in [0, 0.05) is 0 Å². The van der Waals surface area contributed by atoms with Gasteiger partial charge in [-0.1, -0.05) is 12.1 Å².